The molecule has 0 saturated heterocycles. The van der Waals surface area contributed by atoms with E-state index in [1.165, 1.54) is 12.1 Å². The average molecular weight is 334 g/mol. The third-order valence-electron chi connectivity index (χ3n) is 2.94. The Kier molecular flexibility index (Phi) is 4.93. The molecule has 0 fully saturated rings. The summed E-state index contributed by atoms with van der Waals surface area (Å²) in [5, 5.41) is 9.22. The summed E-state index contributed by atoms with van der Waals surface area (Å²) in [6.07, 6.45) is 0. The maximum Gasteiger partial charge on any atom is 0.176 e. The molecule has 0 radical (unpaired) electrons. The maximum atomic E-state index is 12.1. The highest BCUT2D eigenvalue weighted by Gasteiger charge is 2.10. The summed E-state index contributed by atoms with van der Waals surface area (Å²) in [4.78, 5) is 14.1. The van der Waals surface area contributed by atoms with Gasteiger partial charge in [-0.25, -0.2) is 0 Å². The number of halogens is 1. The molecule has 0 aliphatic rings. The molecular formula is C16H16BrNO2. The molecule has 0 aliphatic heterocycles. The molecule has 3 nitrogen and oxygen atoms in total. The number of nitrogens with zero attached hydrogens (tertiary/aromatic N) is 1. The number of carbonyl (C=O) groups excluding carboxylic acids is 1. The third-order valence-corrected chi connectivity index (χ3v) is 3.44. The number of phenolic OH excluding ortho intramolecular Hbond substituents is 1. The lowest BCUT2D eigenvalue weighted by Crippen LogP contribution is -2.25. The van der Waals surface area contributed by atoms with E-state index in [2.05, 4.69) is 15.9 Å². The quantitative estimate of drug-likeness (QED) is 0.851. The van der Waals surface area contributed by atoms with Gasteiger partial charge in [-0.15, -0.1) is 0 Å². The van der Waals surface area contributed by atoms with Crippen LogP contribution in [-0.4, -0.2) is 29.4 Å². The van der Waals surface area contributed by atoms with Gasteiger partial charge >= 0.3 is 0 Å². The van der Waals surface area contributed by atoms with Gasteiger partial charge in [0.25, 0.3) is 0 Å². The van der Waals surface area contributed by atoms with Gasteiger partial charge in [-0.2, -0.15) is 0 Å². The van der Waals surface area contributed by atoms with Crippen molar-refractivity contribution < 1.29 is 9.90 Å². The Labute approximate surface area is 127 Å². The van der Waals surface area contributed by atoms with Crippen molar-refractivity contribution in [2.24, 2.45) is 0 Å². The minimum Gasteiger partial charge on any atom is -0.508 e. The number of Topliss-reactive ketones (excluding diaryl/α,β-unsaturated/α-hetero) is 1. The summed E-state index contributed by atoms with van der Waals surface area (Å²) in [5.74, 6) is 0.214. The molecule has 2 aromatic rings. The summed E-state index contributed by atoms with van der Waals surface area (Å²) in [7, 11) is 1.92. The van der Waals surface area contributed by atoms with Crippen molar-refractivity contribution in [1.29, 1.82) is 0 Å². The van der Waals surface area contributed by atoms with E-state index in [1.807, 2.05) is 36.2 Å². The Morgan fingerprint density at radius 2 is 1.90 bits per heavy atom. The predicted octanol–water partition coefficient (Wildman–Crippen LogP) is 3.47. The first kappa shape index (κ1) is 14.8. The molecular weight excluding hydrogens is 318 g/mol. The van der Waals surface area contributed by atoms with Crippen LogP contribution in [0.15, 0.2) is 53.0 Å². The molecule has 0 atom stereocenters. The monoisotopic (exact) mass is 333 g/mol. The van der Waals surface area contributed by atoms with Gasteiger partial charge in [0, 0.05) is 16.6 Å². The smallest absolute Gasteiger partial charge is 0.176 e. The number of rotatable bonds is 5. The van der Waals surface area contributed by atoms with Gasteiger partial charge in [-0.1, -0.05) is 28.1 Å². The standard InChI is InChI=1S/C16H16BrNO2/c1-18(10-12-3-2-4-14(17)9-12)11-16(20)13-5-7-15(19)8-6-13/h2-9,19H,10-11H2,1H3. The van der Waals surface area contributed by atoms with Gasteiger partial charge in [-0.3, -0.25) is 9.69 Å². The first-order valence-electron chi connectivity index (χ1n) is 6.30. The number of aromatic hydroxyl groups is 1. The van der Waals surface area contributed by atoms with Crippen molar-refractivity contribution in [2.75, 3.05) is 13.6 Å². The van der Waals surface area contributed by atoms with Crippen LogP contribution in [0.25, 0.3) is 0 Å². The molecule has 4 heteroatoms. The minimum absolute atomic E-state index is 0.0440. The Bertz CT molecular complexity index is 596. The fraction of sp³-hybridized carbons (Fsp3) is 0.188. The number of carbonyl (C=O) groups is 1. The van der Waals surface area contributed by atoms with Crippen LogP contribution < -0.4 is 0 Å². The lowest BCUT2D eigenvalue weighted by molar-refractivity contribution is 0.0943. The lowest BCUT2D eigenvalue weighted by Gasteiger charge is -2.16. The van der Waals surface area contributed by atoms with Crippen LogP contribution in [0.5, 0.6) is 5.75 Å². The minimum atomic E-state index is 0.0440. The van der Waals surface area contributed by atoms with Crippen LogP contribution in [-0.2, 0) is 6.54 Å². The maximum absolute atomic E-state index is 12.1. The summed E-state index contributed by atoms with van der Waals surface area (Å²) >= 11 is 3.44. The number of hydrogen-bond donors (Lipinski definition) is 1. The molecule has 0 saturated carbocycles. The number of hydrogen-bond acceptors (Lipinski definition) is 3. The Hall–Kier alpha value is -1.65. The molecule has 0 aromatic heterocycles. The van der Waals surface area contributed by atoms with Crippen LogP contribution in [0.3, 0.4) is 0 Å². The number of likely N-dealkylation sites (N-methyl/N-ethyl adjacent to an activating group) is 1. The average Bonchev–Trinajstić information content (AvgIpc) is 2.39. The van der Waals surface area contributed by atoms with Crippen molar-refractivity contribution in [3.05, 3.63) is 64.1 Å². The van der Waals surface area contributed by atoms with Crippen molar-refractivity contribution in [3.8, 4) is 5.75 Å². The van der Waals surface area contributed by atoms with E-state index in [0.717, 1.165) is 10.0 Å². The van der Waals surface area contributed by atoms with Gasteiger partial charge in [-0.05, 0) is 49.0 Å². The number of ketones is 1. The van der Waals surface area contributed by atoms with Crippen LogP contribution in [0.2, 0.25) is 0 Å². The van der Waals surface area contributed by atoms with Gasteiger partial charge in [0.05, 0.1) is 6.54 Å². The van der Waals surface area contributed by atoms with E-state index in [0.29, 0.717) is 18.7 Å². The molecule has 0 aliphatic carbocycles. The topological polar surface area (TPSA) is 40.5 Å². The predicted molar refractivity (Wildman–Crippen MR) is 82.9 cm³/mol. The first-order valence-corrected chi connectivity index (χ1v) is 7.09. The molecule has 2 aromatic carbocycles. The fourth-order valence-electron chi connectivity index (χ4n) is 1.99. The number of phenols is 1. The summed E-state index contributed by atoms with van der Waals surface area (Å²) in [6, 6.07) is 14.4. The zero-order chi connectivity index (χ0) is 14.5. The molecule has 0 spiro atoms. The van der Waals surface area contributed by atoms with Crippen LogP contribution in [0.4, 0.5) is 0 Å². The largest absolute Gasteiger partial charge is 0.508 e. The van der Waals surface area contributed by atoms with Crippen molar-refractivity contribution in [1.82, 2.24) is 4.90 Å². The Morgan fingerprint density at radius 1 is 1.20 bits per heavy atom. The van der Waals surface area contributed by atoms with E-state index >= 15 is 0 Å². The van der Waals surface area contributed by atoms with Crippen molar-refractivity contribution in [2.45, 2.75) is 6.54 Å². The summed E-state index contributed by atoms with van der Waals surface area (Å²) < 4.78 is 1.04. The Balaban J connectivity index is 1.95. The molecule has 0 bridgehead atoms. The molecule has 0 amide bonds. The summed E-state index contributed by atoms with van der Waals surface area (Å²) in [6.45, 7) is 1.06. The highest BCUT2D eigenvalue weighted by Crippen LogP contribution is 2.14. The van der Waals surface area contributed by atoms with E-state index in [9.17, 15) is 9.90 Å². The summed E-state index contributed by atoms with van der Waals surface area (Å²) in [5.41, 5.74) is 1.77. The number of benzene rings is 2. The second kappa shape index (κ2) is 6.68. The van der Waals surface area contributed by atoms with E-state index in [-0.39, 0.29) is 11.5 Å². The van der Waals surface area contributed by atoms with E-state index in [1.54, 1.807) is 12.1 Å². The molecule has 1 N–H and O–H groups in total. The Morgan fingerprint density at radius 3 is 2.55 bits per heavy atom. The van der Waals surface area contributed by atoms with Crippen LogP contribution in [0.1, 0.15) is 15.9 Å². The van der Waals surface area contributed by atoms with E-state index in [4.69, 9.17) is 0 Å². The zero-order valence-electron chi connectivity index (χ0n) is 11.2. The van der Waals surface area contributed by atoms with Crippen LogP contribution in [0, 0.1) is 0 Å². The first-order chi connectivity index (χ1) is 9.54. The lowest BCUT2D eigenvalue weighted by atomic mass is 10.1. The van der Waals surface area contributed by atoms with Crippen molar-refractivity contribution in [3.63, 3.8) is 0 Å². The molecule has 0 heterocycles. The van der Waals surface area contributed by atoms with Gasteiger partial charge in [0.2, 0.25) is 0 Å². The van der Waals surface area contributed by atoms with Gasteiger partial charge in [0.1, 0.15) is 5.75 Å². The molecule has 104 valence electrons. The second-order valence-corrected chi connectivity index (χ2v) is 5.69. The van der Waals surface area contributed by atoms with Gasteiger partial charge in [0.15, 0.2) is 5.78 Å². The molecule has 2 rings (SSSR count). The zero-order valence-corrected chi connectivity index (χ0v) is 12.8. The van der Waals surface area contributed by atoms with Crippen LogP contribution >= 0.6 is 15.9 Å². The highest BCUT2D eigenvalue weighted by molar-refractivity contribution is 9.10. The van der Waals surface area contributed by atoms with Crippen molar-refractivity contribution >= 4 is 21.7 Å². The normalized spacial score (nSPS) is 10.8. The second-order valence-electron chi connectivity index (χ2n) is 4.77. The SMILES string of the molecule is CN(CC(=O)c1ccc(O)cc1)Cc1cccc(Br)c1. The van der Waals surface area contributed by atoms with Gasteiger partial charge < -0.3 is 5.11 Å². The molecule has 20 heavy (non-hydrogen) atoms. The highest BCUT2D eigenvalue weighted by atomic mass is 79.9. The fourth-order valence-corrected chi connectivity index (χ4v) is 2.43. The van der Waals surface area contributed by atoms with E-state index < -0.39 is 0 Å². The molecule has 0 unspecified atom stereocenters. The third kappa shape index (κ3) is 4.18.